The van der Waals surface area contributed by atoms with Gasteiger partial charge < -0.3 is 20.1 Å². The Morgan fingerprint density at radius 2 is 1.86 bits per heavy atom. The summed E-state index contributed by atoms with van der Waals surface area (Å²) in [6, 6.07) is 13.9. The van der Waals surface area contributed by atoms with Crippen LogP contribution in [-0.2, 0) is 26.5 Å². The maximum Gasteiger partial charge on any atom is 0.190 e. The molecular weight excluding hydrogens is 680 g/mol. The highest BCUT2D eigenvalue weighted by Crippen LogP contribution is 2.70. The predicted octanol–water partition coefficient (Wildman–Crippen LogP) is 5.63. The molecule has 10 atom stereocenters. The molecule has 2 aromatic carbocycles. The lowest BCUT2D eigenvalue weighted by Crippen LogP contribution is -2.69. The first kappa shape index (κ1) is 35.8. The fourth-order valence-corrected chi connectivity index (χ4v) is 10.4. The summed E-state index contributed by atoms with van der Waals surface area (Å²) in [5.41, 5.74) is -3.98. The summed E-state index contributed by atoms with van der Waals surface area (Å²) in [6.45, 7) is 4.96. The van der Waals surface area contributed by atoms with Crippen molar-refractivity contribution in [2.45, 2.75) is 82.1 Å². The van der Waals surface area contributed by atoms with Gasteiger partial charge in [-0.2, -0.15) is 5.10 Å². The number of allylic oxidation sites excluding steroid dienone is 4. The normalized spacial score (nSPS) is 39.2. The van der Waals surface area contributed by atoms with E-state index in [1.54, 1.807) is 50.0 Å². The van der Waals surface area contributed by atoms with Crippen LogP contribution in [0.2, 0.25) is 5.02 Å². The van der Waals surface area contributed by atoms with Crippen molar-refractivity contribution in [3.63, 3.8) is 0 Å². The Labute approximate surface area is 300 Å². The van der Waals surface area contributed by atoms with Gasteiger partial charge in [0, 0.05) is 27.3 Å². The number of aliphatic hydroxyl groups excluding tert-OH is 2. The van der Waals surface area contributed by atoms with Crippen LogP contribution < -0.4 is 0 Å². The summed E-state index contributed by atoms with van der Waals surface area (Å²) in [4.78, 5) is 28.3. The van der Waals surface area contributed by atoms with Crippen LogP contribution in [0.5, 0.6) is 0 Å². The summed E-state index contributed by atoms with van der Waals surface area (Å²) < 4.78 is 37.9. The molecule has 3 aromatic rings. The highest BCUT2D eigenvalue weighted by Gasteiger charge is 2.75. The van der Waals surface area contributed by atoms with Gasteiger partial charge in [0.05, 0.1) is 12.6 Å². The van der Waals surface area contributed by atoms with E-state index in [1.165, 1.54) is 30.6 Å². The van der Waals surface area contributed by atoms with E-state index in [-0.39, 0.29) is 30.0 Å². The Hall–Kier alpha value is -3.61. The van der Waals surface area contributed by atoms with E-state index in [9.17, 15) is 29.3 Å². The molecule has 0 amide bonds. The Morgan fingerprint density at radius 3 is 2.53 bits per heavy atom. The number of hydrogen-bond acceptors (Lipinski definition) is 8. The first-order chi connectivity index (χ1) is 24.2. The third-order valence-corrected chi connectivity index (χ3v) is 13.2. The molecule has 1 aliphatic heterocycles. The molecular formula is C39H42ClF2N3O6. The van der Waals surface area contributed by atoms with Crippen LogP contribution in [0, 0.1) is 34.4 Å². The number of ketones is 2. The Bertz CT molecular complexity index is 1910. The zero-order valence-corrected chi connectivity index (χ0v) is 29.4. The molecule has 2 heterocycles. The Kier molecular flexibility index (Phi) is 8.78. The number of carbonyl (C=O) groups is 2. The number of carbonyl (C=O) groups excluding carboxylic acids is 2. The third-order valence-electron chi connectivity index (χ3n) is 12.9. The fraction of sp³-hybridized carbons (Fsp3) is 0.487. The SMILES string of the molecule is C[C@@H]1C[C@H]2[C@@H]3CCC4=CC(=O)C=C[C@]4(C)[C@@]3(F)[C@@H](O)C[C@]2(C)[C@@]1(O)C(=O)CO.Fc1ccc(C2(Cn3cncn3)OC2c2ccccc2Cl)cc1. The van der Waals surface area contributed by atoms with E-state index in [0.717, 1.165) is 11.1 Å². The lowest BCUT2D eigenvalue weighted by Gasteiger charge is -2.62. The van der Waals surface area contributed by atoms with Gasteiger partial charge in [-0.15, -0.1) is 0 Å². The average Bonchev–Trinajstić information content (AvgIpc) is 3.49. The van der Waals surface area contributed by atoms with Gasteiger partial charge in [-0.05, 0) is 80.4 Å². The summed E-state index contributed by atoms with van der Waals surface area (Å²) >= 11 is 6.31. The number of rotatable bonds is 6. The number of ether oxygens (including phenoxy) is 1. The lowest BCUT2D eigenvalue weighted by atomic mass is 9.44. The summed E-state index contributed by atoms with van der Waals surface area (Å²) in [5.74, 6) is -2.40. The van der Waals surface area contributed by atoms with Crippen LogP contribution in [0.15, 0.2) is 85.0 Å². The van der Waals surface area contributed by atoms with E-state index in [4.69, 9.17) is 16.3 Å². The number of epoxide rings is 1. The van der Waals surface area contributed by atoms with Gasteiger partial charge >= 0.3 is 0 Å². The van der Waals surface area contributed by atoms with Crippen molar-refractivity contribution in [1.29, 1.82) is 0 Å². The quantitative estimate of drug-likeness (QED) is 0.279. The molecule has 0 bridgehead atoms. The van der Waals surface area contributed by atoms with Crippen molar-refractivity contribution in [2.75, 3.05) is 6.61 Å². The minimum atomic E-state index is -1.98. The number of Topliss-reactive ketones (excluding diaryl/α,β-unsaturated/α-hetero) is 1. The molecule has 0 radical (unpaired) electrons. The van der Waals surface area contributed by atoms with Gasteiger partial charge in [-0.3, -0.25) is 9.59 Å². The number of nitrogens with zero attached hydrogens (tertiary/aromatic N) is 3. The molecule has 8 rings (SSSR count). The van der Waals surface area contributed by atoms with Crippen LogP contribution in [0.25, 0.3) is 0 Å². The van der Waals surface area contributed by atoms with Crippen molar-refractivity contribution in [2.24, 2.45) is 28.6 Å². The Morgan fingerprint density at radius 1 is 1.14 bits per heavy atom. The maximum atomic E-state index is 16.9. The topological polar surface area (TPSA) is 138 Å². The minimum absolute atomic E-state index is 0.0676. The van der Waals surface area contributed by atoms with Crippen molar-refractivity contribution in [1.82, 2.24) is 14.8 Å². The summed E-state index contributed by atoms with van der Waals surface area (Å²) in [5, 5.41) is 36.8. The molecule has 4 fully saturated rings. The van der Waals surface area contributed by atoms with Gasteiger partial charge in [0.1, 0.15) is 42.4 Å². The van der Waals surface area contributed by atoms with Crippen molar-refractivity contribution < 1.29 is 38.4 Å². The number of hydrogen-bond donors (Lipinski definition) is 3. The second-order valence-electron chi connectivity index (χ2n) is 15.3. The van der Waals surface area contributed by atoms with Crippen LogP contribution in [0.1, 0.15) is 63.7 Å². The molecule has 2 unspecified atom stereocenters. The highest BCUT2D eigenvalue weighted by atomic mass is 35.5. The third kappa shape index (κ3) is 5.22. The van der Waals surface area contributed by atoms with E-state index >= 15 is 4.39 Å². The molecule has 51 heavy (non-hydrogen) atoms. The van der Waals surface area contributed by atoms with E-state index in [0.29, 0.717) is 36.4 Å². The van der Waals surface area contributed by atoms with Crippen LogP contribution in [0.3, 0.4) is 0 Å². The zero-order valence-electron chi connectivity index (χ0n) is 28.7. The van der Waals surface area contributed by atoms with Crippen molar-refractivity contribution in [3.05, 3.63) is 107 Å². The maximum absolute atomic E-state index is 16.9. The molecule has 3 N–H and O–H groups in total. The number of aliphatic hydroxyl groups is 3. The number of benzene rings is 2. The van der Waals surface area contributed by atoms with Crippen LogP contribution in [0.4, 0.5) is 8.78 Å². The van der Waals surface area contributed by atoms with Gasteiger partial charge in [0.15, 0.2) is 17.2 Å². The van der Waals surface area contributed by atoms with Crippen molar-refractivity contribution in [3.8, 4) is 0 Å². The van der Waals surface area contributed by atoms with Gasteiger partial charge in [-0.1, -0.05) is 67.4 Å². The Balaban J connectivity index is 0.000000162. The number of halogens is 3. The van der Waals surface area contributed by atoms with Gasteiger partial charge in [-0.25, -0.2) is 18.4 Å². The lowest BCUT2D eigenvalue weighted by molar-refractivity contribution is -0.219. The zero-order chi connectivity index (χ0) is 36.6. The van der Waals surface area contributed by atoms with Gasteiger partial charge in [0.2, 0.25) is 0 Å². The van der Waals surface area contributed by atoms with Crippen molar-refractivity contribution >= 4 is 23.2 Å². The van der Waals surface area contributed by atoms with Crippen LogP contribution >= 0.6 is 11.6 Å². The highest BCUT2D eigenvalue weighted by molar-refractivity contribution is 6.31. The van der Waals surface area contributed by atoms with E-state index < -0.39 is 58.0 Å². The molecule has 1 saturated heterocycles. The van der Waals surface area contributed by atoms with E-state index in [1.807, 2.05) is 24.3 Å². The first-order valence-electron chi connectivity index (χ1n) is 17.3. The second-order valence-corrected chi connectivity index (χ2v) is 15.7. The molecule has 3 saturated carbocycles. The standard InChI is InChI=1S/C22H29FO5.C17H13ClFN3O/c1-12-8-16-15-5-4-13-9-14(25)6-7-19(13,2)21(15,23)17(26)10-20(16,3)22(12,28)18(27)11-24;18-15-4-2-1-3-14(15)16-17(23-16,9-22-11-20-10-21-22)12-5-7-13(19)8-6-12/h6-7,9,12,15-17,24,26,28H,4-5,8,10-11H2,1-3H3;1-8,10-11,16H,9H2/t12-,15+,16+,17+,19+,20+,21+,22+;/m1./s1. The van der Waals surface area contributed by atoms with E-state index in [2.05, 4.69) is 10.1 Å². The number of fused-ring (bicyclic) bond motifs is 5. The fourth-order valence-electron chi connectivity index (χ4n) is 10.2. The minimum Gasteiger partial charge on any atom is -0.390 e. The first-order valence-corrected chi connectivity index (χ1v) is 17.7. The van der Waals surface area contributed by atoms with Crippen LogP contribution in [-0.4, -0.2) is 65.6 Å². The summed E-state index contributed by atoms with van der Waals surface area (Å²) in [7, 11) is 0. The molecule has 0 spiro atoms. The molecule has 270 valence electrons. The molecule has 1 aromatic heterocycles. The predicted molar refractivity (Wildman–Crippen MR) is 183 cm³/mol. The molecule has 12 heteroatoms. The number of aromatic nitrogens is 3. The smallest absolute Gasteiger partial charge is 0.190 e. The van der Waals surface area contributed by atoms with Gasteiger partial charge in [0.25, 0.3) is 0 Å². The monoisotopic (exact) mass is 721 g/mol. The molecule has 9 nitrogen and oxygen atoms in total. The largest absolute Gasteiger partial charge is 0.390 e. The summed E-state index contributed by atoms with van der Waals surface area (Å²) in [6.07, 6.45) is 7.35. The average molecular weight is 722 g/mol. The second kappa shape index (κ2) is 12.5. The number of alkyl halides is 1. The molecule has 4 aliphatic carbocycles. The molecule has 5 aliphatic rings.